The Hall–Kier alpha value is -0.530. The SMILES string of the molecule is O=C(CCOCC(F)(F)F)N1CCCN(CCCl)CC1. The van der Waals surface area contributed by atoms with Gasteiger partial charge in [0.05, 0.1) is 13.0 Å². The molecule has 4 nitrogen and oxygen atoms in total. The minimum Gasteiger partial charge on any atom is -0.372 e. The first-order valence-electron chi connectivity index (χ1n) is 6.63. The molecule has 0 radical (unpaired) electrons. The van der Waals surface area contributed by atoms with Crippen molar-refractivity contribution in [3.05, 3.63) is 0 Å². The fourth-order valence-electron chi connectivity index (χ4n) is 2.07. The van der Waals surface area contributed by atoms with Gasteiger partial charge in [0.15, 0.2) is 0 Å². The van der Waals surface area contributed by atoms with Crippen molar-refractivity contribution in [2.75, 3.05) is 51.8 Å². The minimum absolute atomic E-state index is 0.00835. The lowest BCUT2D eigenvalue weighted by Gasteiger charge is -2.21. The first kappa shape index (κ1) is 17.5. The van der Waals surface area contributed by atoms with E-state index < -0.39 is 12.8 Å². The predicted molar refractivity (Wildman–Crippen MR) is 69.8 cm³/mol. The Kier molecular flexibility index (Phi) is 7.61. The van der Waals surface area contributed by atoms with Gasteiger partial charge in [-0.05, 0) is 13.0 Å². The van der Waals surface area contributed by atoms with E-state index in [0.29, 0.717) is 19.0 Å². The number of halogens is 4. The third-order valence-electron chi connectivity index (χ3n) is 3.07. The maximum absolute atomic E-state index is 11.9. The van der Waals surface area contributed by atoms with Crippen LogP contribution in [0.25, 0.3) is 0 Å². The van der Waals surface area contributed by atoms with Crippen molar-refractivity contribution < 1.29 is 22.7 Å². The number of carbonyl (C=O) groups excluding carboxylic acids is 1. The fraction of sp³-hybridized carbons (Fsp3) is 0.917. The van der Waals surface area contributed by atoms with Crippen molar-refractivity contribution in [3.8, 4) is 0 Å². The molecule has 1 aliphatic heterocycles. The van der Waals surface area contributed by atoms with Crippen molar-refractivity contribution >= 4 is 17.5 Å². The molecule has 0 aliphatic carbocycles. The second-order valence-electron chi connectivity index (χ2n) is 4.68. The van der Waals surface area contributed by atoms with Crippen molar-refractivity contribution in [1.82, 2.24) is 9.80 Å². The van der Waals surface area contributed by atoms with Crippen LogP contribution in [0.1, 0.15) is 12.8 Å². The van der Waals surface area contributed by atoms with Crippen LogP contribution in [0.4, 0.5) is 13.2 Å². The maximum atomic E-state index is 11.9. The Bertz CT molecular complexity index is 303. The molecule has 0 aromatic carbocycles. The normalized spacial score (nSPS) is 18.1. The van der Waals surface area contributed by atoms with Gasteiger partial charge in [0.1, 0.15) is 6.61 Å². The molecule has 1 saturated heterocycles. The molecule has 20 heavy (non-hydrogen) atoms. The van der Waals surface area contributed by atoms with E-state index in [2.05, 4.69) is 9.64 Å². The van der Waals surface area contributed by atoms with Crippen molar-refractivity contribution in [2.24, 2.45) is 0 Å². The number of amides is 1. The molecule has 0 unspecified atom stereocenters. The van der Waals surface area contributed by atoms with Gasteiger partial charge in [-0.25, -0.2) is 0 Å². The number of ether oxygens (including phenoxy) is 1. The first-order chi connectivity index (χ1) is 9.42. The van der Waals surface area contributed by atoms with E-state index in [9.17, 15) is 18.0 Å². The molecule has 1 fully saturated rings. The zero-order valence-electron chi connectivity index (χ0n) is 11.3. The molecule has 0 aromatic heterocycles. The van der Waals surface area contributed by atoms with Crippen molar-refractivity contribution in [1.29, 1.82) is 0 Å². The molecular formula is C12H20ClF3N2O2. The molecule has 0 spiro atoms. The highest BCUT2D eigenvalue weighted by Crippen LogP contribution is 2.14. The summed E-state index contributed by atoms with van der Waals surface area (Å²) in [5.74, 6) is 0.402. The number of hydrogen-bond acceptors (Lipinski definition) is 3. The van der Waals surface area contributed by atoms with Gasteiger partial charge in [-0.3, -0.25) is 4.79 Å². The van der Waals surface area contributed by atoms with Gasteiger partial charge in [-0.1, -0.05) is 0 Å². The predicted octanol–water partition coefficient (Wildman–Crippen LogP) is 1.73. The van der Waals surface area contributed by atoms with Crippen molar-refractivity contribution in [2.45, 2.75) is 19.0 Å². The molecule has 1 amide bonds. The summed E-state index contributed by atoms with van der Waals surface area (Å²) >= 11 is 5.68. The average molecular weight is 317 g/mol. The van der Waals surface area contributed by atoms with Gasteiger partial charge >= 0.3 is 6.18 Å². The first-order valence-corrected chi connectivity index (χ1v) is 7.16. The Morgan fingerprint density at radius 2 is 1.95 bits per heavy atom. The van der Waals surface area contributed by atoms with E-state index in [1.807, 2.05) is 0 Å². The summed E-state index contributed by atoms with van der Waals surface area (Å²) in [7, 11) is 0. The Morgan fingerprint density at radius 1 is 1.20 bits per heavy atom. The van der Waals surface area contributed by atoms with Crippen LogP contribution in [0.2, 0.25) is 0 Å². The highest BCUT2D eigenvalue weighted by molar-refractivity contribution is 6.18. The van der Waals surface area contributed by atoms with Gasteiger partial charge in [-0.2, -0.15) is 13.2 Å². The van der Waals surface area contributed by atoms with Crippen LogP contribution in [0, 0.1) is 0 Å². The molecule has 0 atom stereocenters. The summed E-state index contributed by atoms with van der Waals surface area (Å²) in [5.41, 5.74) is 0. The molecule has 118 valence electrons. The third-order valence-corrected chi connectivity index (χ3v) is 3.24. The van der Waals surface area contributed by atoms with Crippen LogP contribution in [-0.4, -0.2) is 73.7 Å². The van der Waals surface area contributed by atoms with Crippen LogP contribution in [-0.2, 0) is 9.53 Å². The molecular weight excluding hydrogens is 297 g/mol. The standard InChI is InChI=1S/C12H20ClF3N2O2/c13-3-6-17-4-1-5-18(8-7-17)11(19)2-9-20-10-12(14,15)16/h1-10H2. The quantitative estimate of drug-likeness (QED) is 0.553. The van der Waals surface area contributed by atoms with Gasteiger partial charge in [0, 0.05) is 32.1 Å². The Balaban J connectivity index is 2.22. The van der Waals surface area contributed by atoms with Crippen LogP contribution in [0.15, 0.2) is 0 Å². The molecule has 0 N–H and O–H groups in total. The molecule has 1 rings (SSSR count). The van der Waals surface area contributed by atoms with E-state index in [-0.39, 0.29) is 18.9 Å². The number of carbonyl (C=O) groups is 1. The second-order valence-corrected chi connectivity index (χ2v) is 5.06. The largest absolute Gasteiger partial charge is 0.411 e. The molecule has 1 heterocycles. The molecule has 8 heteroatoms. The van der Waals surface area contributed by atoms with Crippen LogP contribution >= 0.6 is 11.6 Å². The third kappa shape index (κ3) is 7.31. The van der Waals surface area contributed by atoms with Gasteiger partial charge < -0.3 is 14.5 Å². The summed E-state index contributed by atoms with van der Waals surface area (Å²) in [6, 6.07) is 0. The average Bonchev–Trinajstić information content (AvgIpc) is 2.59. The van der Waals surface area contributed by atoms with Gasteiger partial charge in [0.25, 0.3) is 0 Å². The smallest absolute Gasteiger partial charge is 0.372 e. The van der Waals surface area contributed by atoms with Crippen LogP contribution in [0.5, 0.6) is 0 Å². The number of alkyl halides is 4. The van der Waals surface area contributed by atoms with E-state index >= 15 is 0 Å². The van der Waals surface area contributed by atoms with Crippen molar-refractivity contribution in [3.63, 3.8) is 0 Å². The number of hydrogen-bond donors (Lipinski definition) is 0. The molecule has 0 saturated carbocycles. The van der Waals surface area contributed by atoms with Crippen LogP contribution in [0.3, 0.4) is 0 Å². The summed E-state index contributed by atoms with van der Waals surface area (Å²) in [6.45, 7) is 2.16. The monoisotopic (exact) mass is 316 g/mol. The number of nitrogens with zero attached hydrogens (tertiary/aromatic N) is 2. The van der Waals surface area contributed by atoms with E-state index in [0.717, 1.165) is 26.1 Å². The summed E-state index contributed by atoms with van der Waals surface area (Å²) in [5, 5.41) is 0. The Morgan fingerprint density at radius 3 is 2.60 bits per heavy atom. The van der Waals surface area contributed by atoms with E-state index in [4.69, 9.17) is 11.6 Å². The summed E-state index contributed by atoms with van der Waals surface area (Å²) < 4.78 is 40.1. The molecule has 0 aromatic rings. The summed E-state index contributed by atoms with van der Waals surface area (Å²) in [4.78, 5) is 15.7. The van der Waals surface area contributed by atoms with E-state index in [1.54, 1.807) is 4.90 Å². The molecule has 0 bridgehead atoms. The molecule has 1 aliphatic rings. The summed E-state index contributed by atoms with van der Waals surface area (Å²) in [6.07, 6.45) is -3.49. The second kappa shape index (κ2) is 8.69. The lowest BCUT2D eigenvalue weighted by Crippen LogP contribution is -2.36. The number of rotatable bonds is 6. The van der Waals surface area contributed by atoms with Gasteiger partial charge in [-0.15, -0.1) is 11.6 Å². The minimum atomic E-state index is -4.34. The highest BCUT2D eigenvalue weighted by Gasteiger charge is 2.27. The van der Waals surface area contributed by atoms with Gasteiger partial charge in [0.2, 0.25) is 5.91 Å². The fourth-order valence-corrected chi connectivity index (χ4v) is 2.31. The zero-order chi connectivity index (χ0) is 15.0. The lowest BCUT2D eigenvalue weighted by molar-refractivity contribution is -0.175. The topological polar surface area (TPSA) is 32.8 Å². The zero-order valence-corrected chi connectivity index (χ0v) is 12.0. The lowest BCUT2D eigenvalue weighted by atomic mass is 10.3. The maximum Gasteiger partial charge on any atom is 0.411 e. The highest BCUT2D eigenvalue weighted by atomic mass is 35.5. The van der Waals surface area contributed by atoms with E-state index in [1.165, 1.54) is 0 Å². The Labute approximate surface area is 121 Å². The van der Waals surface area contributed by atoms with Crippen LogP contribution < -0.4 is 0 Å².